The van der Waals surface area contributed by atoms with Gasteiger partial charge in [-0.1, -0.05) is 0 Å². The molecule has 30 heavy (non-hydrogen) atoms. The smallest absolute Gasteiger partial charge is 0.231 e. The molecule has 5 rings (SSSR count). The van der Waals surface area contributed by atoms with E-state index in [1.165, 1.54) is 29.0 Å². The molecule has 0 unspecified atom stereocenters. The lowest BCUT2D eigenvalue weighted by Crippen LogP contribution is -2.49. The molecule has 158 valence electrons. The summed E-state index contributed by atoms with van der Waals surface area (Å²) in [6.07, 6.45) is 5.11. The van der Waals surface area contributed by atoms with Gasteiger partial charge in [0.05, 0.1) is 17.8 Å². The number of rotatable bonds is 4. The molecule has 2 aliphatic rings. The number of carbonyl (C=O) groups is 1. The van der Waals surface area contributed by atoms with Crippen molar-refractivity contribution in [3.05, 3.63) is 22.6 Å². The summed E-state index contributed by atoms with van der Waals surface area (Å²) in [6.45, 7) is 8.78. The Bertz CT molecular complexity index is 1090. The minimum atomic E-state index is -0.271. The first-order valence-corrected chi connectivity index (χ1v) is 11.4. The normalized spacial score (nSPS) is 17.5. The maximum absolute atomic E-state index is 11.3. The number of primary amides is 1. The summed E-state index contributed by atoms with van der Waals surface area (Å²) < 4.78 is 2.44. The molecule has 0 saturated carbocycles. The van der Waals surface area contributed by atoms with E-state index in [1.807, 2.05) is 0 Å². The van der Waals surface area contributed by atoms with Gasteiger partial charge < -0.3 is 15.2 Å². The quantitative estimate of drug-likeness (QED) is 0.688. The highest BCUT2D eigenvalue weighted by Gasteiger charge is 2.29. The van der Waals surface area contributed by atoms with Crippen LogP contribution in [-0.2, 0) is 17.8 Å². The van der Waals surface area contributed by atoms with Crippen LogP contribution in [-0.4, -0.2) is 63.0 Å². The minimum absolute atomic E-state index is 0.271. The lowest BCUT2D eigenvalue weighted by Gasteiger charge is -2.35. The van der Waals surface area contributed by atoms with Gasteiger partial charge in [-0.25, -0.2) is 15.0 Å². The number of thiazole rings is 1. The molecule has 0 spiro atoms. The highest BCUT2D eigenvalue weighted by atomic mass is 32.1. The number of carbonyl (C=O) groups excluding carboxylic acids is 1. The molecular weight excluding hydrogens is 398 g/mol. The summed E-state index contributed by atoms with van der Waals surface area (Å²) in [5, 5.41) is 1.07. The average Bonchev–Trinajstić information content (AvgIpc) is 3.24. The van der Waals surface area contributed by atoms with Crippen LogP contribution >= 0.6 is 11.3 Å². The number of fused-ring (bicyclic) bond motifs is 3. The molecular formula is C21H27N7OS. The number of aryl methyl sites for hydroxylation is 3. The van der Waals surface area contributed by atoms with E-state index in [0.717, 1.165) is 66.7 Å². The van der Waals surface area contributed by atoms with Crippen molar-refractivity contribution in [2.45, 2.75) is 39.7 Å². The number of piperazine rings is 1. The van der Waals surface area contributed by atoms with Crippen LogP contribution < -0.4 is 10.6 Å². The van der Waals surface area contributed by atoms with Crippen LogP contribution in [0.4, 0.5) is 5.82 Å². The number of nitrogens with two attached hydrogens (primary N) is 1. The van der Waals surface area contributed by atoms with Gasteiger partial charge >= 0.3 is 0 Å². The summed E-state index contributed by atoms with van der Waals surface area (Å²) in [6, 6.07) is 0. The molecule has 0 bridgehead atoms. The summed E-state index contributed by atoms with van der Waals surface area (Å²) >= 11 is 1.76. The maximum atomic E-state index is 11.3. The number of nitrogens with zero attached hydrogens (tertiary/aromatic N) is 6. The third kappa shape index (κ3) is 3.26. The molecule has 1 fully saturated rings. The Balaban J connectivity index is 1.59. The van der Waals surface area contributed by atoms with E-state index in [9.17, 15) is 4.79 Å². The predicted molar refractivity (Wildman–Crippen MR) is 119 cm³/mol. The summed E-state index contributed by atoms with van der Waals surface area (Å²) in [7, 11) is 0. The van der Waals surface area contributed by atoms with Crippen LogP contribution in [0.5, 0.6) is 0 Å². The number of hydrogen-bond donors (Lipinski definition) is 1. The predicted octanol–water partition coefficient (Wildman–Crippen LogP) is 2.12. The Labute approximate surface area is 179 Å². The van der Waals surface area contributed by atoms with Crippen molar-refractivity contribution >= 4 is 34.1 Å². The fourth-order valence-corrected chi connectivity index (χ4v) is 5.63. The van der Waals surface area contributed by atoms with Crippen molar-refractivity contribution in [1.82, 2.24) is 24.4 Å². The second-order valence-electron chi connectivity index (χ2n) is 8.22. The molecule has 0 radical (unpaired) electrons. The van der Waals surface area contributed by atoms with Crippen LogP contribution in [0.3, 0.4) is 0 Å². The van der Waals surface area contributed by atoms with Crippen LogP contribution in [0.1, 0.15) is 29.1 Å². The highest BCUT2D eigenvalue weighted by Crippen LogP contribution is 2.41. The molecule has 1 amide bonds. The summed E-state index contributed by atoms with van der Waals surface area (Å²) in [4.78, 5) is 31.3. The fourth-order valence-electron chi connectivity index (χ4n) is 4.65. The zero-order valence-electron chi connectivity index (χ0n) is 17.5. The number of hydrogen-bond acceptors (Lipinski definition) is 7. The van der Waals surface area contributed by atoms with Gasteiger partial charge in [0.2, 0.25) is 5.91 Å². The van der Waals surface area contributed by atoms with E-state index in [4.69, 9.17) is 20.7 Å². The lowest BCUT2D eigenvalue weighted by molar-refractivity contribution is -0.119. The first kappa shape index (κ1) is 19.4. The third-order valence-electron chi connectivity index (χ3n) is 6.26. The Kier molecular flexibility index (Phi) is 4.94. The van der Waals surface area contributed by atoms with Crippen molar-refractivity contribution in [3.8, 4) is 10.6 Å². The highest BCUT2D eigenvalue weighted by molar-refractivity contribution is 7.15. The molecule has 5 heterocycles. The van der Waals surface area contributed by atoms with Crippen molar-refractivity contribution < 1.29 is 4.79 Å². The second kappa shape index (κ2) is 7.63. The fraction of sp³-hybridized carbons (Fsp3) is 0.524. The van der Waals surface area contributed by atoms with Gasteiger partial charge in [-0.2, -0.15) is 0 Å². The number of amides is 1. The first-order valence-electron chi connectivity index (χ1n) is 10.6. The van der Waals surface area contributed by atoms with E-state index in [-0.39, 0.29) is 5.91 Å². The average molecular weight is 426 g/mol. The van der Waals surface area contributed by atoms with Crippen LogP contribution in [0.15, 0.2) is 6.33 Å². The van der Waals surface area contributed by atoms with Gasteiger partial charge in [0.15, 0.2) is 5.82 Å². The Morgan fingerprint density at radius 1 is 1.13 bits per heavy atom. The van der Waals surface area contributed by atoms with Gasteiger partial charge in [-0.15, -0.1) is 11.3 Å². The standard InChI is InChI=1S/C21H27N7OS/c1-13-14(2)30-21(25-13)17-15-5-3-4-6-28(15)19-18(17)23-12-24-20(19)27-9-7-26(8-10-27)11-16(22)29/h12H,3-11H2,1-2H3,(H2,22,29). The van der Waals surface area contributed by atoms with Crippen LogP contribution in [0.2, 0.25) is 0 Å². The molecule has 2 N–H and O–H groups in total. The third-order valence-corrected chi connectivity index (χ3v) is 7.35. The zero-order chi connectivity index (χ0) is 20.8. The number of anilines is 1. The summed E-state index contributed by atoms with van der Waals surface area (Å²) in [5.41, 5.74) is 11.2. The van der Waals surface area contributed by atoms with E-state index in [0.29, 0.717) is 6.54 Å². The van der Waals surface area contributed by atoms with E-state index >= 15 is 0 Å². The molecule has 1 saturated heterocycles. The van der Waals surface area contributed by atoms with E-state index < -0.39 is 0 Å². The lowest BCUT2D eigenvalue weighted by atomic mass is 10.1. The van der Waals surface area contributed by atoms with Gasteiger partial charge in [-0.05, 0) is 33.1 Å². The van der Waals surface area contributed by atoms with Crippen LogP contribution in [0, 0.1) is 13.8 Å². The van der Waals surface area contributed by atoms with Crippen molar-refractivity contribution in [2.75, 3.05) is 37.6 Å². The largest absolute Gasteiger partial charge is 0.369 e. The Morgan fingerprint density at radius 3 is 2.63 bits per heavy atom. The van der Waals surface area contributed by atoms with Crippen molar-refractivity contribution in [1.29, 1.82) is 0 Å². The molecule has 9 heteroatoms. The monoisotopic (exact) mass is 425 g/mol. The molecule has 2 aliphatic heterocycles. The minimum Gasteiger partial charge on any atom is -0.369 e. The van der Waals surface area contributed by atoms with Gasteiger partial charge in [0.1, 0.15) is 22.4 Å². The molecule has 0 aliphatic carbocycles. The first-order chi connectivity index (χ1) is 14.5. The SMILES string of the molecule is Cc1nc(-c2c3n(c4c(N5CCN(CC(N)=O)CC5)ncnc24)CCCC3)sc1C. The van der Waals surface area contributed by atoms with E-state index in [2.05, 4.69) is 28.2 Å². The maximum Gasteiger partial charge on any atom is 0.231 e. The van der Waals surface area contributed by atoms with Gasteiger partial charge in [0.25, 0.3) is 0 Å². The molecule has 0 aromatic carbocycles. The second-order valence-corrected chi connectivity index (χ2v) is 9.42. The zero-order valence-corrected chi connectivity index (χ0v) is 18.3. The summed E-state index contributed by atoms with van der Waals surface area (Å²) in [5.74, 6) is 0.727. The number of aromatic nitrogens is 4. The molecule has 0 atom stereocenters. The Morgan fingerprint density at radius 2 is 1.93 bits per heavy atom. The van der Waals surface area contributed by atoms with Crippen molar-refractivity contribution in [2.24, 2.45) is 5.73 Å². The van der Waals surface area contributed by atoms with Gasteiger partial charge in [0, 0.05) is 43.3 Å². The molecule has 3 aromatic heterocycles. The van der Waals surface area contributed by atoms with Crippen LogP contribution in [0.25, 0.3) is 21.6 Å². The Hall–Kier alpha value is -2.52. The molecule has 3 aromatic rings. The van der Waals surface area contributed by atoms with E-state index in [1.54, 1.807) is 17.7 Å². The topological polar surface area (TPSA) is 93.2 Å². The van der Waals surface area contributed by atoms with Crippen molar-refractivity contribution in [3.63, 3.8) is 0 Å². The van der Waals surface area contributed by atoms with Gasteiger partial charge in [-0.3, -0.25) is 9.69 Å². The molecule has 8 nitrogen and oxygen atoms in total.